The standard InChI is InChI=1S/C40H49FIN8O3P/c1-6-52-34(51)13-12-25-10-9-11-27(20-25)40(4)17-8-7-16-39(2,3)33(43)24-50(44)23-29-28-15-19-45-31(28)22-30(41)35(29)36(53-54-42)26-14-18-46-32(21-26)37-47-38(40)48-49(37)5/h9-11,14-15,18-22,24,36,45,54H,6-8,12-13,16-17,23,43-44H2,1-5H3/b33-24-/t36?,40-/m1/s1. The molecule has 1 aliphatic rings. The summed E-state index contributed by atoms with van der Waals surface area (Å²) >= 11 is 2.17. The van der Waals surface area contributed by atoms with Crippen molar-refractivity contribution < 1.29 is 18.4 Å². The SMILES string of the molecule is CCOC(=O)CCc1cccc([C@@]2(C)CCCCC(C)(C)/C(N)=C/N(N)Cc3c(c(F)cc4[nH]ccc34)C(OPI)c3ccnc(c3)-c3nc2nn3C)c1. The number of benzene rings is 2. The first-order chi connectivity index (χ1) is 25.8. The fourth-order valence-corrected chi connectivity index (χ4v) is 8.44. The number of carbonyl (C=O) groups excluding carboxylic acids is 1. The third-order valence-corrected chi connectivity index (χ3v) is 11.7. The lowest BCUT2D eigenvalue weighted by molar-refractivity contribution is -0.143. The van der Waals surface area contributed by atoms with E-state index >= 15 is 4.39 Å². The van der Waals surface area contributed by atoms with Crippen LogP contribution >= 0.6 is 28.5 Å². The minimum absolute atomic E-state index is 0.0352. The molecule has 0 saturated heterocycles. The first-order valence-electron chi connectivity index (χ1n) is 18.3. The van der Waals surface area contributed by atoms with Gasteiger partial charge in [0.05, 0.1) is 25.0 Å². The number of H-pyrrole nitrogens is 1. The van der Waals surface area contributed by atoms with E-state index in [-0.39, 0.29) is 24.4 Å². The lowest BCUT2D eigenvalue weighted by Gasteiger charge is -2.30. The third kappa shape index (κ3) is 8.49. The highest BCUT2D eigenvalue weighted by Crippen LogP contribution is 2.43. The predicted molar refractivity (Wildman–Crippen MR) is 220 cm³/mol. The van der Waals surface area contributed by atoms with Crippen molar-refractivity contribution in [3.05, 3.63) is 112 Å². The van der Waals surface area contributed by atoms with Crippen LogP contribution in [0.4, 0.5) is 4.39 Å². The summed E-state index contributed by atoms with van der Waals surface area (Å²) in [7, 11) is 1.87. The zero-order valence-electron chi connectivity index (χ0n) is 31.5. The van der Waals surface area contributed by atoms with Crippen molar-refractivity contribution in [1.82, 2.24) is 29.7 Å². The number of aromatic nitrogens is 5. The first kappa shape index (κ1) is 39.8. The van der Waals surface area contributed by atoms with Gasteiger partial charge in [0.2, 0.25) is 0 Å². The van der Waals surface area contributed by atoms with Gasteiger partial charge in [-0.2, -0.15) is 5.10 Å². The number of nitrogens with two attached hydrogens (primary N) is 2. The molecule has 0 radical (unpaired) electrons. The fraction of sp³-hybridized carbons (Fsp3) is 0.400. The molecule has 4 heterocycles. The smallest absolute Gasteiger partial charge is 0.306 e. The zero-order chi connectivity index (χ0) is 38.6. The van der Waals surface area contributed by atoms with Crippen LogP contribution in [0.15, 0.2) is 72.8 Å². The van der Waals surface area contributed by atoms with Crippen LogP contribution in [0.25, 0.3) is 22.4 Å². The summed E-state index contributed by atoms with van der Waals surface area (Å²) in [6.45, 7) is 8.83. The summed E-state index contributed by atoms with van der Waals surface area (Å²) in [6.07, 6.45) is 8.73. The highest BCUT2D eigenvalue weighted by Gasteiger charge is 2.35. The number of hydrogen-bond donors (Lipinski definition) is 3. The minimum Gasteiger partial charge on any atom is -0.466 e. The van der Waals surface area contributed by atoms with Crippen molar-refractivity contribution in [2.45, 2.75) is 84.3 Å². The lowest BCUT2D eigenvalue weighted by atomic mass is 9.75. The second kappa shape index (κ2) is 16.8. The van der Waals surface area contributed by atoms with Crippen molar-refractivity contribution in [2.24, 2.45) is 24.0 Å². The van der Waals surface area contributed by atoms with Crippen LogP contribution in [0.5, 0.6) is 0 Å². The van der Waals surface area contributed by atoms with Gasteiger partial charge in [0.1, 0.15) is 17.6 Å². The normalized spacial score (nSPS) is 20.6. The maximum Gasteiger partial charge on any atom is 0.306 e. The number of ether oxygens (including phenoxy) is 1. The summed E-state index contributed by atoms with van der Waals surface area (Å²) in [6, 6.07) is 15.5. The van der Waals surface area contributed by atoms with E-state index in [0.717, 1.165) is 47.8 Å². The maximum atomic E-state index is 16.4. The summed E-state index contributed by atoms with van der Waals surface area (Å²) in [5, 5.41) is 7.42. The summed E-state index contributed by atoms with van der Waals surface area (Å²) in [5.41, 5.74) is 11.7. The zero-order valence-corrected chi connectivity index (χ0v) is 34.6. The van der Waals surface area contributed by atoms with Gasteiger partial charge in [-0.25, -0.2) is 19.9 Å². The number of fused-ring (bicyclic) bond motifs is 8. The van der Waals surface area contributed by atoms with E-state index in [1.165, 1.54) is 6.07 Å². The number of nitrogens with zero attached hydrogens (tertiary/aromatic N) is 5. The molecule has 4 bridgehead atoms. The molecule has 3 aromatic heterocycles. The van der Waals surface area contributed by atoms with Crippen LogP contribution in [0.2, 0.25) is 0 Å². The monoisotopic (exact) mass is 866 g/mol. The van der Waals surface area contributed by atoms with E-state index in [0.29, 0.717) is 59.1 Å². The number of halogens is 2. The molecule has 0 spiro atoms. The topological polar surface area (TPSA) is 150 Å². The van der Waals surface area contributed by atoms with E-state index in [4.69, 9.17) is 35.9 Å². The molecule has 14 heteroatoms. The third-order valence-electron chi connectivity index (χ3n) is 10.6. The highest BCUT2D eigenvalue weighted by atomic mass is 127. The number of hydrazine groups is 1. The molecule has 286 valence electrons. The summed E-state index contributed by atoms with van der Waals surface area (Å²) < 4.78 is 29.7. The van der Waals surface area contributed by atoms with Gasteiger partial charge >= 0.3 is 5.97 Å². The minimum atomic E-state index is -0.764. The average Bonchev–Trinajstić information content (AvgIpc) is 3.78. The van der Waals surface area contributed by atoms with Crippen LogP contribution in [0.1, 0.15) is 99.5 Å². The Bertz CT molecular complexity index is 2150. The molecule has 2 unspecified atom stereocenters. The van der Waals surface area contributed by atoms with Gasteiger partial charge in [0.25, 0.3) is 0 Å². The number of aromatic amines is 1. The second-order valence-corrected chi connectivity index (χ2v) is 16.5. The molecule has 54 heavy (non-hydrogen) atoms. The fourth-order valence-electron chi connectivity index (χ4n) is 7.33. The maximum absolute atomic E-state index is 16.4. The molecule has 3 atom stereocenters. The Kier molecular flexibility index (Phi) is 12.4. The van der Waals surface area contributed by atoms with Gasteiger partial charge in [0, 0.05) is 59.6 Å². The Morgan fingerprint density at radius 3 is 2.72 bits per heavy atom. The van der Waals surface area contributed by atoms with E-state index in [1.807, 2.05) is 44.3 Å². The van der Waals surface area contributed by atoms with Crippen LogP contribution in [-0.4, -0.2) is 42.3 Å². The predicted octanol–water partition coefficient (Wildman–Crippen LogP) is 8.42. The number of esters is 1. The Morgan fingerprint density at radius 2 is 1.94 bits per heavy atom. The van der Waals surface area contributed by atoms with E-state index in [2.05, 4.69) is 59.9 Å². The van der Waals surface area contributed by atoms with Gasteiger partial charge in [-0.15, -0.1) is 0 Å². The number of rotatable bonds is 7. The van der Waals surface area contributed by atoms with Crippen molar-refractivity contribution >= 4 is 45.4 Å². The first-order valence-corrected chi connectivity index (χ1v) is 22.3. The van der Waals surface area contributed by atoms with E-state index in [1.54, 1.807) is 28.3 Å². The molecule has 0 aliphatic carbocycles. The van der Waals surface area contributed by atoms with Crippen LogP contribution in [0, 0.1) is 11.2 Å². The molecule has 6 rings (SSSR count). The Balaban J connectivity index is 1.49. The molecule has 11 nitrogen and oxygen atoms in total. The molecular formula is C40H49FIN8O3P. The number of allylic oxidation sites excluding steroid dienone is 1. The molecule has 0 fully saturated rings. The number of pyridine rings is 1. The van der Waals surface area contributed by atoms with Gasteiger partial charge in [0.15, 0.2) is 11.6 Å². The molecule has 2 aromatic carbocycles. The van der Waals surface area contributed by atoms with Crippen molar-refractivity contribution in [2.75, 3.05) is 6.61 Å². The number of hydrogen-bond acceptors (Lipinski definition) is 9. The molecular weight excluding hydrogens is 817 g/mol. The highest BCUT2D eigenvalue weighted by molar-refractivity contribution is 14.2. The van der Waals surface area contributed by atoms with Gasteiger partial charge in [-0.3, -0.25) is 9.78 Å². The molecule has 0 amide bonds. The number of nitrogens with one attached hydrogen (secondary N) is 1. The summed E-state index contributed by atoms with van der Waals surface area (Å²) in [4.78, 5) is 25.3. The van der Waals surface area contributed by atoms with Crippen molar-refractivity contribution in [3.63, 3.8) is 0 Å². The molecule has 5 N–H and O–H groups in total. The quantitative estimate of drug-likeness (QED) is 0.0634. The Labute approximate surface area is 330 Å². The average molecular weight is 867 g/mol. The van der Waals surface area contributed by atoms with Crippen LogP contribution in [0.3, 0.4) is 0 Å². The van der Waals surface area contributed by atoms with Gasteiger partial charge in [-0.05, 0) is 102 Å². The van der Waals surface area contributed by atoms with Gasteiger partial charge < -0.3 is 25.0 Å². The van der Waals surface area contributed by atoms with Crippen molar-refractivity contribution in [3.8, 4) is 11.5 Å². The molecule has 0 saturated carbocycles. The largest absolute Gasteiger partial charge is 0.466 e. The van der Waals surface area contributed by atoms with Crippen LogP contribution in [-0.2, 0) is 39.5 Å². The summed E-state index contributed by atoms with van der Waals surface area (Å²) in [5.74, 6) is 7.31. The molecule has 1 aliphatic heterocycles. The Hall–Kier alpha value is -3.91. The number of carbonyl (C=O) groups is 1. The Morgan fingerprint density at radius 1 is 1.15 bits per heavy atom. The van der Waals surface area contributed by atoms with Crippen molar-refractivity contribution in [1.29, 1.82) is 0 Å². The number of aryl methyl sites for hydroxylation is 2. The van der Waals surface area contributed by atoms with E-state index in [9.17, 15) is 4.79 Å². The van der Waals surface area contributed by atoms with Gasteiger partial charge in [-0.1, -0.05) is 51.0 Å². The van der Waals surface area contributed by atoms with E-state index < -0.39 is 17.3 Å². The van der Waals surface area contributed by atoms with Crippen LogP contribution < -0.4 is 11.6 Å². The second-order valence-electron chi connectivity index (χ2n) is 14.8. The lowest BCUT2D eigenvalue weighted by Crippen LogP contribution is -2.31. The molecule has 5 aromatic rings.